The Labute approximate surface area is 90.1 Å². The number of hydrogen-bond acceptors (Lipinski definition) is 3. The molecule has 1 aliphatic heterocycles. The van der Waals surface area contributed by atoms with Crippen LogP contribution in [-0.2, 0) is 4.74 Å². The van der Waals surface area contributed by atoms with E-state index >= 15 is 0 Å². The van der Waals surface area contributed by atoms with Gasteiger partial charge in [0.2, 0.25) is 0 Å². The highest BCUT2D eigenvalue weighted by Gasteiger charge is 2.12. The molecular formula is C9H11BrN2O. The zero-order valence-electron chi connectivity index (χ0n) is 10.0. The zero-order valence-corrected chi connectivity index (χ0v) is 8.60. The molecule has 0 saturated carbocycles. The molecule has 0 aliphatic carbocycles. The van der Waals surface area contributed by atoms with Gasteiger partial charge in [0.1, 0.15) is 0 Å². The van der Waals surface area contributed by atoms with Crippen LogP contribution < -0.4 is 4.90 Å². The number of hydrogen-bond donors (Lipinski definition) is 0. The number of ether oxygens (including phenoxy) is 1. The summed E-state index contributed by atoms with van der Waals surface area (Å²) in [5.74, 6) is 0. The number of halogens is 1. The van der Waals surface area contributed by atoms with Crippen molar-refractivity contribution in [1.29, 1.82) is 0 Å². The Morgan fingerprint density at radius 2 is 2.31 bits per heavy atom. The fourth-order valence-corrected chi connectivity index (χ4v) is 1.71. The van der Waals surface area contributed by atoms with Gasteiger partial charge in [0.05, 0.1) is 27.5 Å². The highest BCUT2D eigenvalue weighted by molar-refractivity contribution is 9.10. The first-order chi connectivity index (χ1) is 7.61. The normalized spacial score (nSPS) is 20.7. The zero-order chi connectivity index (χ0) is 11.7. The van der Waals surface area contributed by atoms with Crippen LogP contribution in [0.4, 0.5) is 5.69 Å². The van der Waals surface area contributed by atoms with E-state index in [4.69, 9.17) is 8.85 Å². The third-order valence-electron chi connectivity index (χ3n) is 1.92. The highest BCUT2D eigenvalue weighted by atomic mass is 79.9. The molecule has 1 aromatic rings. The first kappa shape index (κ1) is 5.98. The first-order valence-corrected chi connectivity index (χ1v) is 4.86. The van der Waals surface area contributed by atoms with Crippen molar-refractivity contribution >= 4 is 21.6 Å². The number of pyridine rings is 1. The lowest BCUT2D eigenvalue weighted by Gasteiger charge is -2.29. The second kappa shape index (κ2) is 4.07. The van der Waals surface area contributed by atoms with Crippen molar-refractivity contribution in [2.24, 2.45) is 0 Å². The minimum absolute atomic E-state index is 0.00231. The molecule has 2 heterocycles. The Hall–Kier alpha value is -0.610. The van der Waals surface area contributed by atoms with Crippen LogP contribution in [0.2, 0.25) is 0 Å². The van der Waals surface area contributed by atoms with Crippen LogP contribution in [0.3, 0.4) is 0 Å². The van der Waals surface area contributed by atoms with E-state index in [0.29, 0.717) is 36.5 Å². The summed E-state index contributed by atoms with van der Waals surface area (Å²) in [5, 5.41) is 0. The summed E-state index contributed by atoms with van der Waals surface area (Å²) < 4.78 is 28.7. The Morgan fingerprint density at radius 1 is 1.54 bits per heavy atom. The monoisotopic (exact) mass is 245 g/mol. The van der Waals surface area contributed by atoms with Crippen LogP contribution in [-0.4, -0.2) is 31.3 Å². The maximum atomic E-state index is 7.82. The Balaban J connectivity index is 2.45. The van der Waals surface area contributed by atoms with Crippen LogP contribution in [0, 0.1) is 0 Å². The largest absolute Gasteiger partial charge is 0.378 e. The number of anilines is 1. The van der Waals surface area contributed by atoms with E-state index in [9.17, 15) is 0 Å². The van der Waals surface area contributed by atoms with Gasteiger partial charge in [-0.1, -0.05) is 0 Å². The lowest BCUT2D eigenvalue weighted by molar-refractivity contribution is 0.122. The SMILES string of the molecule is [2H]c1nc([2H])c(Br)c(N2CCOCC2)c1[2H]. The highest BCUT2D eigenvalue weighted by Crippen LogP contribution is 2.24. The van der Waals surface area contributed by atoms with Crippen molar-refractivity contribution < 1.29 is 8.85 Å². The predicted octanol–water partition coefficient (Wildman–Crippen LogP) is 1.68. The van der Waals surface area contributed by atoms with Crippen LogP contribution in [0.1, 0.15) is 4.11 Å². The molecule has 0 amide bonds. The van der Waals surface area contributed by atoms with Crippen molar-refractivity contribution in [1.82, 2.24) is 4.98 Å². The van der Waals surface area contributed by atoms with Gasteiger partial charge in [-0.15, -0.1) is 0 Å². The van der Waals surface area contributed by atoms with Gasteiger partial charge >= 0.3 is 0 Å². The topological polar surface area (TPSA) is 25.4 Å². The minimum atomic E-state index is -0.158. The van der Waals surface area contributed by atoms with E-state index in [2.05, 4.69) is 20.9 Å². The predicted molar refractivity (Wildman–Crippen MR) is 55.0 cm³/mol. The van der Waals surface area contributed by atoms with Crippen LogP contribution >= 0.6 is 15.9 Å². The van der Waals surface area contributed by atoms with Crippen molar-refractivity contribution in [3.05, 3.63) is 22.9 Å². The van der Waals surface area contributed by atoms with E-state index < -0.39 is 0 Å². The Kier molecular flexibility index (Phi) is 1.87. The summed E-state index contributed by atoms with van der Waals surface area (Å²) in [6.45, 7) is 2.56. The molecule has 0 bridgehead atoms. The number of rotatable bonds is 1. The molecule has 2 rings (SSSR count). The standard InChI is InChI=1S/C9H11BrN2O/c10-8-7-11-2-1-9(8)12-3-5-13-6-4-12/h1-2,7H,3-6H2/i1D,2D,7D. The third-order valence-corrected chi connectivity index (χ3v) is 2.47. The molecule has 0 aromatic carbocycles. The molecule has 1 aromatic heterocycles. The minimum Gasteiger partial charge on any atom is -0.378 e. The molecule has 13 heavy (non-hydrogen) atoms. The lowest BCUT2D eigenvalue weighted by Crippen LogP contribution is -2.36. The van der Waals surface area contributed by atoms with Crippen LogP contribution in [0.5, 0.6) is 0 Å². The van der Waals surface area contributed by atoms with Crippen LogP contribution in [0.15, 0.2) is 22.9 Å². The van der Waals surface area contributed by atoms with E-state index in [1.165, 1.54) is 0 Å². The van der Waals surface area contributed by atoms with Gasteiger partial charge in [0, 0.05) is 25.4 Å². The van der Waals surface area contributed by atoms with Gasteiger partial charge in [-0.3, -0.25) is 4.98 Å². The molecule has 0 N–H and O–H groups in total. The molecule has 3 nitrogen and oxygen atoms in total. The Bertz CT molecular complexity index is 384. The average Bonchev–Trinajstić information content (AvgIpc) is 2.28. The lowest BCUT2D eigenvalue weighted by atomic mass is 10.3. The molecular weight excluding hydrogens is 232 g/mol. The fourth-order valence-electron chi connectivity index (χ4n) is 1.27. The fraction of sp³-hybridized carbons (Fsp3) is 0.444. The van der Waals surface area contributed by atoms with Crippen molar-refractivity contribution in [3.63, 3.8) is 0 Å². The third kappa shape index (κ3) is 2.00. The summed E-state index contributed by atoms with van der Waals surface area (Å²) in [6, 6.07) is 0.0600. The quantitative estimate of drug-likeness (QED) is 0.753. The second-order valence-corrected chi connectivity index (χ2v) is 3.52. The van der Waals surface area contributed by atoms with E-state index in [1.54, 1.807) is 0 Å². The Morgan fingerprint density at radius 3 is 3.08 bits per heavy atom. The van der Waals surface area contributed by atoms with Gasteiger partial charge in [0.25, 0.3) is 0 Å². The van der Waals surface area contributed by atoms with Crippen LogP contribution in [0.25, 0.3) is 0 Å². The van der Waals surface area contributed by atoms with Gasteiger partial charge in [-0.05, 0) is 22.0 Å². The molecule has 1 aliphatic rings. The molecule has 0 spiro atoms. The molecule has 0 atom stereocenters. The molecule has 0 unspecified atom stereocenters. The summed E-state index contributed by atoms with van der Waals surface area (Å²) >= 11 is 3.26. The van der Waals surface area contributed by atoms with Gasteiger partial charge in [-0.25, -0.2) is 0 Å². The molecule has 1 saturated heterocycles. The number of nitrogens with zero attached hydrogens (tertiary/aromatic N) is 2. The number of aromatic nitrogens is 1. The van der Waals surface area contributed by atoms with Gasteiger partial charge in [0.15, 0.2) is 0 Å². The summed E-state index contributed by atoms with van der Waals surface area (Å²) in [7, 11) is 0. The smallest absolute Gasteiger partial charge is 0.0853 e. The molecule has 4 heteroatoms. The molecule has 0 radical (unpaired) electrons. The summed E-state index contributed by atoms with van der Waals surface area (Å²) in [4.78, 5) is 5.62. The average molecular weight is 246 g/mol. The first-order valence-electron chi connectivity index (χ1n) is 5.57. The van der Waals surface area contributed by atoms with Crippen molar-refractivity contribution in [2.45, 2.75) is 0 Å². The molecule has 1 fully saturated rings. The van der Waals surface area contributed by atoms with E-state index in [0.717, 1.165) is 0 Å². The van der Waals surface area contributed by atoms with Crippen molar-refractivity contribution in [2.75, 3.05) is 31.2 Å². The summed E-state index contributed by atoms with van der Waals surface area (Å²) in [5.41, 5.74) is 0.577. The number of morpholine rings is 1. The van der Waals surface area contributed by atoms with E-state index in [1.807, 2.05) is 4.90 Å². The maximum Gasteiger partial charge on any atom is 0.0853 e. The van der Waals surface area contributed by atoms with Crippen molar-refractivity contribution in [3.8, 4) is 0 Å². The van der Waals surface area contributed by atoms with E-state index in [-0.39, 0.29) is 18.4 Å². The van der Waals surface area contributed by atoms with Gasteiger partial charge in [-0.2, -0.15) is 0 Å². The van der Waals surface area contributed by atoms with Gasteiger partial charge < -0.3 is 9.64 Å². The summed E-state index contributed by atoms with van der Waals surface area (Å²) in [6.07, 6.45) is -0.155. The second-order valence-electron chi connectivity index (χ2n) is 2.72. The molecule has 70 valence electrons. The maximum absolute atomic E-state index is 7.82.